The summed E-state index contributed by atoms with van der Waals surface area (Å²) in [5, 5.41) is 5.76. The molecule has 118 valence electrons. The van der Waals surface area contributed by atoms with Gasteiger partial charge in [-0.3, -0.25) is 15.0 Å². The first-order valence-electron chi connectivity index (χ1n) is 7.01. The van der Waals surface area contributed by atoms with Crippen LogP contribution in [-0.4, -0.2) is 39.5 Å². The molecule has 0 spiro atoms. The van der Waals surface area contributed by atoms with Gasteiger partial charge in [0.2, 0.25) is 5.67 Å². The maximum Gasteiger partial charge on any atom is 0.265 e. The maximum atomic E-state index is 14.9. The molecular weight excluding hydrogens is 323 g/mol. The highest BCUT2D eigenvalue weighted by molar-refractivity contribution is 7.13. The molecule has 3 rings (SSSR count). The number of likely N-dealkylation sites (tertiary alicyclic amines) is 1. The average Bonchev–Trinajstić information content (AvgIpc) is 3.14. The van der Waals surface area contributed by atoms with Gasteiger partial charge in [-0.1, -0.05) is 0 Å². The Bertz CT molecular complexity index is 672. The van der Waals surface area contributed by atoms with Crippen LogP contribution in [0.25, 0.3) is 0 Å². The summed E-state index contributed by atoms with van der Waals surface area (Å²) in [7, 11) is 0. The number of rotatable bonds is 4. The summed E-state index contributed by atoms with van der Waals surface area (Å²) in [6.07, 6.45) is 1.79. The van der Waals surface area contributed by atoms with E-state index in [1.165, 1.54) is 11.3 Å². The van der Waals surface area contributed by atoms with Crippen molar-refractivity contribution in [3.05, 3.63) is 27.2 Å². The van der Waals surface area contributed by atoms with Gasteiger partial charge < -0.3 is 0 Å². The largest absolute Gasteiger partial charge is 0.299 e. The average molecular weight is 340 g/mol. The number of carbonyl (C=O) groups excluding carboxylic acids is 1. The number of hydrogen-bond acceptors (Lipinski definition) is 6. The summed E-state index contributed by atoms with van der Waals surface area (Å²) >= 11 is 2.92. The fourth-order valence-electron chi connectivity index (χ4n) is 2.59. The Balaban J connectivity index is 1.63. The van der Waals surface area contributed by atoms with E-state index in [2.05, 4.69) is 15.3 Å². The highest BCUT2D eigenvalue weighted by Gasteiger charge is 2.45. The molecule has 5 nitrogen and oxygen atoms in total. The van der Waals surface area contributed by atoms with Crippen LogP contribution < -0.4 is 5.32 Å². The van der Waals surface area contributed by atoms with Crippen LogP contribution in [0.1, 0.15) is 22.0 Å². The van der Waals surface area contributed by atoms with Gasteiger partial charge in [-0.25, -0.2) is 14.4 Å². The minimum atomic E-state index is -1.85. The van der Waals surface area contributed by atoms with Gasteiger partial charge in [0.25, 0.3) is 5.91 Å². The first-order valence-corrected chi connectivity index (χ1v) is 8.71. The second-order valence-corrected chi connectivity index (χ2v) is 7.64. The van der Waals surface area contributed by atoms with Gasteiger partial charge in [0, 0.05) is 42.5 Å². The molecule has 1 atom stereocenters. The highest BCUT2D eigenvalue weighted by atomic mass is 32.1. The Kier molecular flexibility index (Phi) is 4.24. The van der Waals surface area contributed by atoms with E-state index in [1.54, 1.807) is 22.9 Å². The summed E-state index contributed by atoms with van der Waals surface area (Å²) in [6, 6.07) is 0. The van der Waals surface area contributed by atoms with Gasteiger partial charge >= 0.3 is 0 Å². The molecule has 0 saturated carbocycles. The first kappa shape index (κ1) is 15.5. The minimum absolute atomic E-state index is 0.112. The molecule has 0 aliphatic carbocycles. The lowest BCUT2D eigenvalue weighted by atomic mass is 10.1. The summed E-state index contributed by atoms with van der Waals surface area (Å²) in [5.41, 5.74) is -0.856. The van der Waals surface area contributed by atoms with Crippen molar-refractivity contribution in [1.29, 1.82) is 0 Å². The molecule has 2 aromatic heterocycles. The molecule has 0 bridgehead atoms. The summed E-state index contributed by atoms with van der Waals surface area (Å²) in [5.74, 6) is -0.595. The van der Waals surface area contributed by atoms with Gasteiger partial charge in [0.15, 0.2) is 5.13 Å². The Morgan fingerprint density at radius 2 is 2.36 bits per heavy atom. The van der Waals surface area contributed by atoms with E-state index in [-0.39, 0.29) is 13.0 Å². The monoisotopic (exact) mass is 340 g/mol. The molecule has 0 aromatic carbocycles. The van der Waals surface area contributed by atoms with E-state index in [4.69, 9.17) is 0 Å². The van der Waals surface area contributed by atoms with E-state index in [0.29, 0.717) is 18.2 Å². The van der Waals surface area contributed by atoms with Crippen molar-refractivity contribution in [2.75, 3.05) is 18.4 Å². The van der Waals surface area contributed by atoms with E-state index < -0.39 is 11.6 Å². The van der Waals surface area contributed by atoms with Crippen LogP contribution in [0.4, 0.5) is 9.52 Å². The van der Waals surface area contributed by atoms with Crippen LogP contribution >= 0.6 is 22.7 Å². The zero-order chi connectivity index (χ0) is 15.7. The lowest BCUT2D eigenvalue weighted by Crippen LogP contribution is -2.41. The second kappa shape index (κ2) is 6.02. The van der Waals surface area contributed by atoms with Gasteiger partial charge in [0.1, 0.15) is 0 Å². The number of thiazole rings is 2. The Hall–Kier alpha value is -1.38. The molecule has 22 heavy (non-hydrogen) atoms. The van der Waals surface area contributed by atoms with Crippen LogP contribution in [0.3, 0.4) is 0 Å². The molecule has 1 amide bonds. The van der Waals surface area contributed by atoms with Crippen molar-refractivity contribution in [1.82, 2.24) is 14.9 Å². The normalized spacial score (nSPS) is 22.1. The third-order valence-electron chi connectivity index (χ3n) is 3.73. The maximum absolute atomic E-state index is 14.9. The van der Waals surface area contributed by atoms with Crippen LogP contribution in [-0.2, 0) is 11.3 Å². The zero-order valence-corrected chi connectivity index (χ0v) is 14.1. The summed E-state index contributed by atoms with van der Waals surface area (Å²) in [4.78, 5) is 23.6. The number of nitrogens with one attached hydrogen (secondary N) is 1. The molecule has 3 heterocycles. The predicted octanol–water partition coefficient (Wildman–Crippen LogP) is 2.77. The molecule has 1 N–H and O–H groups in total. The molecule has 1 saturated heterocycles. The lowest BCUT2D eigenvalue weighted by Gasteiger charge is -2.19. The SMILES string of the molecule is Cc1nc(C)c(CN2CCC(F)(C(=O)Nc3nccs3)C2)s1. The summed E-state index contributed by atoms with van der Waals surface area (Å²) in [6.45, 7) is 5.26. The van der Waals surface area contributed by atoms with Crippen LogP contribution in [0.2, 0.25) is 0 Å². The number of alkyl halides is 1. The molecule has 1 aliphatic rings. The van der Waals surface area contributed by atoms with Crippen molar-refractivity contribution in [2.24, 2.45) is 0 Å². The summed E-state index contributed by atoms with van der Waals surface area (Å²) < 4.78 is 14.9. The van der Waals surface area contributed by atoms with Gasteiger partial charge in [-0.15, -0.1) is 22.7 Å². The number of amides is 1. The Morgan fingerprint density at radius 3 is 3.00 bits per heavy atom. The predicted molar refractivity (Wildman–Crippen MR) is 86.1 cm³/mol. The quantitative estimate of drug-likeness (QED) is 0.930. The Morgan fingerprint density at radius 1 is 1.55 bits per heavy atom. The van der Waals surface area contributed by atoms with Crippen LogP contribution in [0.15, 0.2) is 11.6 Å². The number of nitrogens with zero attached hydrogens (tertiary/aromatic N) is 3. The molecular formula is C14H17FN4OS2. The molecule has 0 radical (unpaired) electrons. The van der Waals surface area contributed by atoms with Gasteiger partial charge in [-0.2, -0.15) is 0 Å². The van der Waals surface area contributed by atoms with E-state index in [9.17, 15) is 9.18 Å². The number of hydrogen-bond donors (Lipinski definition) is 1. The number of aromatic nitrogens is 2. The van der Waals surface area contributed by atoms with Crippen LogP contribution in [0, 0.1) is 13.8 Å². The highest BCUT2D eigenvalue weighted by Crippen LogP contribution is 2.30. The van der Waals surface area contributed by atoms with Crippen molar-refractivity contribution in [2.45, 2.75) is 32.5 Å². The van der Waals surface area contributed by atoms with Crippen molar-refractivity contribution in [3.63, 3.8) is 0 Å². The zero-order valence-electron chi connectivity index (χ0n) is 12.4. The molecule has 1 fully saturated rings. The third kappa shape index (κ3) is 3.18. The molecule has 1 unspecified atom stereocenters. The third-order valence-corrected chi connectivity index (χ3v) is 5.47. The van der Waals surface area contributed by atoms with Crippen molar-refractivity contribution >= 4 is 33.7 Å². The fraction of sp³-hybridized carbons (Fsp3) is 0.500. The molecule has 8 heteroatoms. The topological polar surface area (TPSA) is 58.1 Å². The number of carbonyl (C=O) groups is 1. The van der Waals surface area contributed by atoms with E-state index >= 15 is 0 Å². The number of aryl methyl sites for hydroxylation is 2. The molecule has 1 aliphatic heterocycles. The number of halogens is 1. The lowest BCUT2D eigenvalue weighted by molar-refractivity contribution is -0.126. The van der Waals surface area contributed by atoms with E-state index in [0.717, 1.165) is 15.6 Å². The first-order chi connectivity index (χ1) is 10.5. The van der Waals surface area contributed by atoms with E-state index in [1.807, 2.05) is 18.7 Å². The van der Waals surface area contributed by atoms with Gasteiger partial charge in [-0.05, 0) is 13.8 Å². The number of anilines is 1. The minimum Gasteiger partial charge on any atom is -0.299 e. The smallest absolute Gasteiger partial charge is 0.265 e. The second-order valence-electron chi connectivity index (χ2n) is 5.46. The molecule has 2 aromatic rings. The van der Waals surface area contributed by atoms with Crippen molar-refractivity contribution in [3.8, 4) is 0 Å². The van der Waals surface area contributed by atoms with Gasteiger partial charge in [0.05, 0.1) is 10.7 Å². The fourth-order valence-corrected chi connectivity index (χ4v) is 4.09. The Labute approximate surface area is 136 Å². The standard InChI is InChI=1S/C14H17FN4OS2/c1-9-11(22-10(2)17-9)7-19-5-3-14(15,8-19)12(20)18-13-16-4-6-21-13/h4,6H,3,5,7-8H2,1-2H3,(H,16,18,20). The van der Waals surface area contributed by atoms with Crippen LogP contribution in [0.5, 0.6) is 0 Å². The van der Waals surface area contributed by atoms with Crippen molar-refractivity contribution < 1.29 is 9.18 Å².